The van der Waals surface area contributed by atoms with Gasteiger partial charge < -0.3 is 9.88 Å². The van der Waals surface area contributed by atoms with E-state index in [-0.39, 0.29) is 0 Å². The molecule has 0 bridgehead atoms. The first kappa shape index (κ1) is 30.9. The number of para-hydroxylation sites is 2. The van der Waals surface area contributed by atoms with Gasteiger partial charge in [-0.1, -0.05) is 115 Å². The molecule has 4 aromatic rings. The average molecular weight is 517 g/mol. The van der Waals surface area contributed by atoms with Gasteiger partial charge in [-0.2, -0.15) is 0 Å². The number of rotatable bonds is 4. The van der Waals surface area contributed by atoms with Crippen molar-refractivity contribution < 1.29 is 0 Å². The minimum Gasteiger partial charge on any atom is -0.355 e. The highest BCUT2D eigenvalue weighted by Crippen LogP contribution is 2.36. The van der Waals surface area contributed by atoms with Crippen molar-refractivity contribution in [3.8, 4) is 0 Å². The van der Waals surface area contributed by atoms with Crippen molar-refractivity contribution in [3.05, 3.63) is 139 Å². The summed E-state index contributed by atoms with van der Waals surface area (Å²) in [6.07, 6.45) is 14.4. The average Bonchev–Trinajstić information content (AvgIpc) is 3.38. The van der Waals surface area contributed by atoms with E-state index in [1.54, 1.807) is 6.08 Å². The van der Waals surface area contributed by atoms with Crippen LogP contribution >= 0.6 is 0 Å². The second kappa shape index (κ2) is 15.8. The molecule has 3 aromatic carbocycles. The van der Waals surface area contributed by atoms with Crippen LogP contribution in [-0.2, 0) is 0 Å². The lowest BCUT2D eigenvalue weighted by Crippen LogP contribution is -2.16. The van der Waals surface area contributed by atoms with E-state index >= 15 is 0 Å². The van der Waals surface area contributed by atoms with Crippen LogP contribution in [0.1, 0.15) is 59.6 Å². The van der Waals surface area contributed by atoms with Crippen molar-refractivity contribution in [2.45, 2.75) is 48.5 Å². The Kier molecular flexibility index (Phi) is 12.6. The minimum atomic E-state index is 0.983. The van der Waals surface area contributed by atoms with Crippen LogP contribution in [0.15, 0.2) is 128 Å². The van der Waals surface area contributed by atoms with E-state index in [0.29, 0.717) is 0 Å². The maximum atomic E-state index is 4.42. The number of anilines is 1. The molecule has 202 valence electrons. The lowest BCUT2D eigenvalue weighted by atomic mass is 9.95. The Balaban J connectivity index is 0.000000833. The van der Waals surface area contributed by atoms with E-state index < -0.39 is 0 Å². The summed E-state index contributed by atoms with van der Waals surface area (Å²) in [5.74, 6) is 0. The SMILES string of the molecule is C=C/C=C\C(=C/C)N1/C=C\C(c2ccc3[nH]c4ccccc4c3c2)=C/C(=C)c2ccccc21.CC.CC.CC. The first-order chi connectivity index (χ1) is 19.2. The van der Waals surface area contributed by atoms with Crippen molar-refractivity contribution in [1.29, 1.82) is 0 Å². The minimum absolute atomic E-state index is 0.983. The summed E-state index contributed by atoms with van der Waals surface area (Å²) >= 11 is 0. The lowest BCUT2D eigenvalue weighted by Gasteiger charge is -2.26. The first-order valence-electron chi connectivity index (χ1n) is 14.1. The van der Waals surface area contributed by atoms with E-state index in [1.807, 2.05) is 47.6 Å². The van der Waals surface area contributed by atoms with E-state index in [1.165, 1.54) is 10.8 Å². The molecule has 0 saturated heterocycles. The van der Waals surface area contributed by atoms with Crippen LogP contribution in [0, 0.1) is 0 Å². The molecule has 2 heteroatoms. The zero-order chi connectivity index (χ0) is 28.8. The van der Waals surface area contributed by atoms with Crippen LogP contribution in [0.2, 0.25) is 0 Å². The molecule has 0 unspecified atom stereocenters. The molecule has 0 atom stereocenters. The van der Waals surface area contributed by atoms with E-state index in [2.05, 4.69) is 127 Å². The smallest absolute Gasteiger partial charge is 0.0533 e. The number of aromatic nitrogens is 1. The Labute approximate surface area is 236 Å². The van der Waals surface area contributed by atoms with Gasteiger partial charge in [0.05, 0.1) is 5.69 Å². The molecule has 1 aliphatic heterocycles. The van der Waals surface area contributed by atoms with Crippen LogP contribution in [0.25, 0.3) is 33.0 Å². The topological polar surface area (TPSA) is 19.0 Å². The van der Waals surface area contributed by atoms with E-state index in [4.69, 9.17) is 0 Å². The number of fused-ring (bicyclic) bond motifs is 4. The van der Waals surface area contributed by atoms with E-state index in [9.17, 15) is 0 Å². The molecule has 1 N–H and O–H groups in total. The number of benzene rings is 3. The van der Waals surface area contributed by atoms with Gasteiger partial charge in [0.15, 0.2) is 0 Å². The van der Waals surface area contributed by atoms with Gasteiger partial charge in [-0.25, -0.2) is 0 Å². The normalized spacial score (nSPS) is 14.8. The van der Waals surface area contributed by atoms with E-state index in [0.717, 1.165) is 44.7 Å². The molecule has 39 heavy (non-hydrogen) atoms. The second-order valence-electron chi connectivity index (χ2n) is 8.07. The molecule has 2 heterocycles. The summed E-state index contributed by atoms with van der Waals surface area (Å²) in [5, 5.41) is 2.46. The molecule has 0 radical (unpaired) electrons. The Bertz CT molecular complexity index is 1510. The monoisotopic (exact) mass is 516 g/mol. The summed E-state index contributed by atoms with van der Waals surface area (Å²) in [4.78, 5) is 5.72. The quantitative estimate of drug-likeness (QED) is 0.267. The van der Waals surface area contributed by atoms with Crippen molar-refractivity contribution in [2.75, 3.05) is 4.90 Å². The first-order valence-corrected chi connectivity index (χ1v) is 14.1. The number of aromatic amines is 1. The largest absolute Gasteiger partial charge is 0.355 e. The molecular weight excluding hydrogens is 472 g/mol. The van der Waals surface area contributed by atoms with Crippen LogP contribution in [0.5, 0.6) is 0 Å². The zero-order valence-corrected chi connectivity index (χ0v) is 24.8. The Morgan fingerprint density at radius 3 is 2.21 bits per heavy atom. The fraction of sp³-hybridized carbons (Fsp3) is 0.189. The third-order valence-corrected chi connectivity index (χ3v) is 6.06. The van der Waals surface area contributed by atoms with Crippen molar-refractivity contribution >= 4 is 38.6 Å². The highest BCUT2D eigenvalue weighted by Gasteiger charge is 2.16. The van der Waals surface area contributed by atoms with Gasteiger partial charge in [0.25, 0.3) is 0 Å². The molecule has 0 saturated carbocycles. The highest BCUT2D eigenvalue weighted by molar-refractivity contribution is 6.08. The molecule has 0 fully saturated rings. The molecule has 2 nitrogen and oxygen atoms in total. The van der Waals surface area contributed by atoms with Crippen molar-refractivity contribution in [2.24, 2.45) is 0 Å². The van der Waals surface area contributed by atoms with Crippen molar-refractivity contribution in [1.82, 2.24) is 4.98 Å². The molecule has 0 spiro atoms. The molecular formula is C37H44N2. The second-order valence-corrected chi connectivity index (χ2v) is 8.07. The number of allylic oxidation sites excluding steroid dienone is 8. The van der Waals surface area contributed by atoms with Crippen LogP contribution in [-0.4, -0.2) is 4.98 Å². The Morgan fingerprint density at radius 1 is 0.821 bits per heavy atom. The van der Waals surface area contributed by atoms with Gasteiger partial charge in [-0.3, -0.25) is 0 Å². The van der Waals surface area contributed by atoms with Gasteiger partial charge in [-0.15, -0.1) is 0 Å². The summed E-state index contributed by atoms with van der Waals surface area (Å²) in [5.41, 5.74) is 8.84. The van der Waals surface area contributed by atoms with Gasteiger partial charge >= 0.3 is 0 Å². The number of hydrogen-bond acceptors (Lipinski definition) is 1. The number of nitrogens with zero attached hydrogens (tertiary/aromatic N) is 1. The van der Waals surface area contributed by atoms with Crippen molar-refractivity contribution in [3.63, 3.8) is 0 Å². The van der Waals surface area contributed by atoms with Crippen LogP contribution < -0.4 is 4.90 Å². The number of H-pyrrole nitrogens is 1. The third kappa shape index (κ3) is 6.97. The zero-order valence-electron chi connectivity index (χ0n) is 24.8. The van der Waals surface area contributed by atoms with Gasteiger partial charge in [0.2, 0.25) is 0 Å². The molecule has 0 aliphatic carbocycles. The van der Waals surface area contributed by atoms with Gasteiger partial charge in [0.1, 0.15) is 0 Å². The predicted octanol–water partition coefficient (Wildman–Crippen LogP) is 11.5. The molecule has 1 aromatic heterocycles. The fourth-order valence-corrected chi connectivity index (χ4v) is 4.42. The molecule has 1 aliphatic rings. The van der Waals surface area contributed by atoms with Crippen LogP contribution in [0.3, 0.4) is 0 Å². The maximum Gasteiger partial charge on any atom is 0.0533 e. The predicted molar refractivity (Wildman–Crippen MR) is 178 cm³/mol. The lowest BCUT2D eigenvalue weighted by molar-refractivity contribution is 1.19. The number of hydrogen-bond donors (Lipinski definition) is 1. The Hall–Kier alpha value is -4.30. The Morgan fingerprint density at radius 2 is 1.49 bits per heavy atom. The standard InChI is InChI=1S/C31H26N2.3C2H6/c1-4-6-11-25(5-2)33-19-18-24(20-22(3)26-12-8-10-15-31(26)33)23-16-17-30-28(21-23)27-13-7-9-14-29(27)32-30;3*1-2/h4-21,32H,1,3H2,2H3;3*1-2H3/b11-6-,19-18-,24-20+,25-5+;;;. The summed E-state index contributed by atoms with van der Waals surface area (Å²) in [6.45, 7) is 22.3. The molecule has 5 rings (SSSR count). The summed E-state index contributed by atoms with van der Waals surface area (Å²) in [6, 6.07) is 23.4. The third-order valence-electron chi connectivity index (χ3n) is 6.06. The van der Waals surface area contributed by atoms with Gasteiger partial charge in [0, 0.05) is 39.3 Å². The van der Waals surface area contributed by atoms with Gasteiger partial charge in [-0.05, 0) is 66.1 Å². The van der Waals surface area contributed by atoms with Crippen LogP contribution in [0.4, 0.5) is 5.69 Å². The fourth-order valence-electron chi connectivity index (χ4n) is 4.42. The maximum absolute atomic E-state index is 4.42. The highest BCUT2D eigenvalue weighted by atomic mass is 15.1. The number of nitrogens with one attached hydrogen (secondary N) is 1. The summed E-state index contributed by atoms with van der Waals surface area (Å²) < 4.78 is 0. The summed E-state index contributed by atoms with van der Waals surface area (Å²) in [7, 11) is 0. The molecule has 0 amide bonds.